The van der Waals surface area contributed by atoms with E-state index in [4.69, 9.17) is 33.2 Å². The largest absolute Gasteiger partial charge is 0.477 e. The van der Waals surface area contributed by atoms with Gasteiger partial charge in [-0.1, -0.05) is 42.3 Å². The van der Waals surface area contributed by atoms with Crippen molar-refractivity contribution in [2.24, 2.45) is 11.3 Å². The molecule has 1 amide bonds. The fourth-order valence-electron chi connectivity index (χ4n) is 5.51. The second kappa shape index (κ2) is 11.2. The number of anilines is 1. The molecule has 3 aromatic rings. The highest BCUT2D eigenvalue weighted by Crippen LogP contribution is 2.44. The lowest BCUT2D eigenvalue weighted by molar-refractivity contribution is -0.135. The number of hydrogen-bond acceptors (Lipinski definition) is 6. The molecular weight excluding hydrogens is 521 g/mol. The summed E-state index contributed by atoms with van der Waals surface area (Å²) in [5.74, 6) is 1.62. The molecule has 0 saturated carbocycles. The topological polar surface area (TPSA) is 82.4 Å². The van der Waals surface area contributed by atoms with E-state index in [2.05, 4.69) is 27.9 Å². The first-order chi connectivity index (χ1) is 18.3. The first-order valence-corrected chi connectivity index (χ1v) is 13.5. The molecule has 0 bridgehead atoms. The molecule has 4 heterocycles. The SMILES string of the molecule is C[C@]1(COc2ccc(Cl)cn2)CN(C(=O)C2CCN(c3ccc(C#N)cn3)CC2)C[C@@H]1c1ccc(Cl)cc1. The number of halogens is 2. The fourth-order valence-corrected chi connectivity index (χ4v) is 5.75. The number of hydrogen-bond donors (Lipinski definition) is 0. The van der Waals surface area contributed by atoms with Gasteiger partial charge < -0.3 is 14.5 Å². The van der Waals surface area contributed by atoms with Gasteiger partial charge in [0.1, 0.15) is 11.9 Å². The van der Waals surface area contributed by atoms with Crippen molar-refractivity contribution in [2.75, 3.05) is 37.7 Å². The van der Waals surface area contributed by atoms with Crippen LogP contribution in [-0.2, 0) is 4.79 Å². The van der Waals surface area contributed by atoms with Crippen molar-refractivity contribution < 1.29 is 9.53 Å². The van der Waals surface area contributed by atoms with Crippen molar-refractivity contribution in [1.82, 2.24) is 14.9 Å². The Morgan fingerprint density at radius 3 is 2.42 bits per heavy atom. The summed E-state index contributed by atoms with van der Waals surface area (Å²) in [5.41, 5.74) is 1.38. The molecule has 0 N–H and O–H groups in total. The third-order valence-corrected chi connectivity index (χ3v) is 8.15. The molecule has 2 aliphatic heterocycles. The average Bonchev–Trinajstić information content (AvgIpc) is 3.30. The zero-order valence-electron chi connectivity index (χ0n) is 21.2. The minimum absolute atomic E-state index is 0.0308. The summed E-state index contributed by atoms with van der Waals surface area (Å²) in [5, 5.41) is 10.3. The molecule has 2 aromatic heterocycles. The van der Waals surface area contributed by atoms with Crippen molar-refractivity contribution in [2.45, 2.75) is 25.7 Å². The summed E-state index contributed by atoms with van der Waals surface area (Å²) in [6.07, 6.45) is 4.70. The fraction of sp³-hybridized carbons (Fsp3) is 0.379. The van der Waals surface area contributed by atoms with Crippen LogP contribution in [0.4, 0.5) is 5.82 Å². The summed E-state index contributed by atoms with van der Waals surface area (Å²) >= 11 is 12.1. The molecule has 1 aromatic carbocycles. The first kappa shape index (κ1) is 26.3. The number of carbonyl (C=O) groups excluding carboxylic acids is 1. The molecule has 9 heteroatoms. The smallest absolute Gasteiger partial charge is 0.225 e. The van der Waals surface area contributed by atoms with Crippen LogP contribution in [0.1, 0.15) is 36.8 Å². The maximum absolute atomic E-state index is 13.7. The van der Waals surface area contributed by atoms with E-state index in [1.165, 1.54) is 0 Å². The van der Waals surface area contributed by atoms with E-state index in [0.29, 0.717) is 41.2 Å². The summed E-state index contributed by atoms with van der Waals surface area (Å²) in [4.78, 5) is 26.6. The highest BCUT2D eigenvalue weighted by atomic mass is 35.5. The van der Waals surface area contributed by atoms with Crippen molar-refractivity contribution in [3.63, 3.8) is 0 Å². The number of likely N-dealkylation sites (tertiary alicyclic amines) is 1. The first-order valence-electron chi connectivity index (χ1n) is 12.7. The van der Waals surface area contributed by atoms with Gasteiger partial charge in [-0.15, -0.1) is 0 Å². The molecule has 0 aliphatic carbocycles. The van der Waals surface area contributed by atoms with Gasteiger partial charge in [-0.05, 0) is 48.7 Å². The Kier molecular flexibility index (Phi) is 7.73. The van der Waals surface area contributed by atoms with Crippen molar-refractivity contribution >= 4 is 34.9 Å². The van der Waals surface area contributed by atoms with Gasteiger partial charge in [0.05, 0.1) is 17.2 Å². The van der Waals surface area contributed by atoms with E-state index in [1.807, 2.05) is 35.2 Å². The van der Waals surface area contributed by atoms with E-state index in [-0.39, 0.29) is 23.2 Å². The van der Waals surface area contributed by atoms with Crippen LogP contribution in [0.5, 0.6) is 5.88 Å². The number of ether oxygens (including phenoxy) is 1. The van der Waals surface area contributed by atoms with Crippen LogP contribution < -0.4 is 9.64 Å². The van der Waals surface area contributed by atoms with Crippen LogP contribution in [0.3, 0.4) is 0 Å². The Morgan fingerprint density at radius 2 is 1.79 bits per heavy atom. The monoisotopic (exact) mass is 549 g/mol. The highest BCUT2D eigenvalue weighted by Gasteiger charge is 2.47. The van der Waals surface area contributed by atoms with E-state index in [9.17, 15) is 4.79 Å². The molecule has 196 valence electrons. The van der Waals surface area contributed by atoms with E-state index in [1.54, 1.807) is 30.6 Å². The van der Waals surface area contributed by atoms with Gasteiger partial charge in [-0.25, -0.2) is 9.97 Å². The second-order valence-corrected chi connectivity index (χ2v) is 11.2. The Hall–Kier alpha value is -3.34. The van der Waals surface area contributed by atoms with Crippen molar-refractivity contribution in [3.8, 4) is 11.9 Å². The number of nitriles is 1. The minimum atomic E-state index is -0.308. The number of rotatable bonds is 6. The van der Waals surface area contributed by atoms with Crippen LogP contribution in [0.2, 0.25) is 10.0 Å². The predicted molar refractivity (Wildman–Crippen MR) is 148 cm³/mol. The number of pyridine rings is 2. The maximum Gasteiger partial charge on any atom is 0.225 e. The molecular formula is C29H29Cl2N5O2. The third kappa shape index (κ3) is 5.72. The average molecular weight is 550 g/mol. The Balaban J connectivity index is 1.27. The van der Waals surface area contributed by atoms with Gasteiger partial charge in [0.15, 0.2) is 0 Å². The lowest BCUT2D eigenvalue weighted by Crippen LogP contribution is -2.43. The number of amides is 1. The predicted octanol–water partition coefficient (Wildman–Crippen LogP) is 5.58. The molecule has 0 unspecified atom stereocenters. The van der Waals surface area contributed by atoms with Crippen LogP contribution in [0.25, 0.3) is 0 Å². The van der Waals surface area contributed by atoms with Crippen LogP contribution in [0, 0.1) is 22.7 Å². The van der Waals surface area contributed by atoms with Gasteiger partial charge in [0.25, 0.3) is 0 Å². The molecule has 7 nitrogen and oxygen atoms in total. The van der Waals surface area contributed by atoms with Gasteiger partial charge in [0, 0.05) is 66.9 Å². The van der Waals surface area contributed by atoms with E-state index in [0.717, 1.165) is 37.3 Å². The highest BCUT2D eigenvalue weighted by molar-refractivity contribution is 6.30. The number of benzene rings is 1. The Bertz CT molecular complexity index is 1300. The molecule has 2 aliphatic rings. The van der Waals surface area contributed by atoms with Gasteiger partial charge in [-0.3, -0.25) is 4.79 Å². The summed E-state index contributed by atoms with van der Waals surface area (Å²) in [6, 6.07) is 17.2. The van der Waals surface area contributed by atoms with E-state index < -0.39 is 0 Å². The lowest BCUT2D eigenvalue weighted by atomic mass is 9.77. The quantitative estimate of drug-likeness (QED) is 0.399. The zero-order valence-corrected chi connectivity index (χ0v) is 22.7. The number of piperidine rings is 1. The molecule has 0 radical (unpaired) electrons. The van der Waals surface area contributed by atoms with Gasteiger partial charge >= 0.3 is 0 Å². The van der Waals surface area contributed by atoms with Gasteiger partial charge in [0.2, 0.25) is 11.8 Å². The number of carbonyl (C=O) groups is 1. The van der Waals surface area contributed by atoms with Crippen LogP contribution >= 0.6 is 23.2 Å². The Morgan fingerprint density at radius 1 is 1.05 bits per heavy atom. The maximum atomic E-state index is 13.7. The van der Waals surface area contributed by atoms with Crippen molar-refractivity contribution in [1.29, 1.82) is 5.26 Å². The zero-order chi connectivity index (χ0) is 26.7. The van der Waals surface area contributed by atoms with Crippen LogP contribution in [0.15, 0.2) is 60.9 Å². The lowest BCUT2D eigenvalue weighted by Gasteiger charge is -2.34. The standard InChI is InChI=1S/C29H29Cl2N5O2/c1-29(19-38-27-9-7-24(31)16-34-27)18-36(17-25(29)21-3-5-23(30)6-4-21)28(37)22-10-12-35(13-11-22)26-8-2-20(14-32)15-33-26/h2-9,15-16,22,25H,10-13,17-19H2,1H3/t25-,29-/m1/s1. The number of nitrogens with zero attached hydrogens (tertiary/aromatic N) is 5. The number of aromatic nitrogens is 2. The summed E-state index contributed by atoms with van der Waals surface area (Å²) in [7, 11) is 0. The summed E-state index contributed by atoms with van der Waals surface area (Å²) in [6.45, 7) is 5.34. The normalized spacial score (nSPS) is 21.8. The van der Waals surface area contributed by atoms with E-state index >= 15 is 0 Å². The molecule has 38 heavy (non-hydrogen) atoms. The second-order valence-electron chi connectivity index (χ2n) is 10.4. The summed E-state index contributed by atoms with van der Waals surface area (Å²) < 4.78 is 6.11. The van der Waals surface area contributed by atoms with Crippen molar-refractivity contribution in [3.05, 3.63) is 82.1 Å². The van der Waals surface area contributed by atoms with Crippen LogP contribution in [-0.4, -0.2) is 53.6 Å². The molecule has 2 fully saturated rings. The minimum Gasteiger partial charge on any atom is -0.477 e. The molecule has 0 spiro atoms. The molecule has 5 rings (SSSR count). The Labute approximate surface area is 233 Å². The molecule has 2 saturated heterocycles. The molecule has 2 atom stereocenters. The van der Waals surface area contributed by atoms with Gasteiger partial charge in [-0.2, -0.15) is 5.26 Å². The third-order valence-electron chi connectivity index (χ3n) is 7.68.